The van der Waals surface area contributed by atoms with Gasteiger partial charge in [-0.15, -0.1) is 0 Å². The van der Waals surface area contributed by atoms with E-state index in [9.17, 15) is 4.79 Å². The Bertz CT molecular complexity index is 507. The van der Waals surface area contributed by atoms with E-state index in [1.165, 1.54) is 0 Å². The Hall–Kier alpha value is -1.60. The number of morpholine rings is 1. The zero-order chi connectivity index (χ0) is 13.8. The third kappa shape index (κ3) is 3.24. The molecule has 0 saturated carbocycles. The van der Waals surface area contributed by atoms with Gasteiger partial charge in [0.25, 0.3) is 5.91 Å². The molecule has 1 atom stereocenters. The van der Waals surface area contributed by atoms with E-state index in [0.717, 1.165) is 4.47 Å². The molecule has 1 saturated heterocycles. The second-order valence-electron chi connectivity index (χ2n) is 4.15. The highest BCUT2D eigenvalue weighted by Crippen LogP contribution is 2.15. The lowest BCUT2D eigenvalue weighted by Gasteiger charge is -2.32. The minimum atomic E-state index is -0.560. The summed E-state index contributed by atoms with van der Waals surface area (Å²) < 4.78 is 6.20. The predicted molar refractivity (Wildman–Crippen MR) is 73.2 cm³/mol. The van der Waals surface area contributed by atoms with E-state index < -0.39 is 6.10 Å². The van der Waals surface area contributed by atoms with Crippen molar-refractivity contribution in [1.82, 2.24) is 4.90 Å². The lowest BCUT2D eigenvalue weighted by Crippen LogP contribution is -2.50. The zero-order valence-electron chi connectivity index (χ0n) is 10.1. The zero-order valence-corrected chi connectivity index (χ0v) is 11.7. The fourth-order valence-corrected chi connectivity index (χ4v) is 2.28. The molecular weight excluding hydrogens is 314 g/mol. The largest absolute Gasteiger partial charge is 0.409 e. The molecule has 7 heteroatoms. The average Bonchev–Trinajstić information content (AvgIpc) is 2.45. The van der Waals surface area contributed by atoms with Crippen LogP contribution in [0.2, 0.25) is 0 Å². The number of carbonyl (C=O) groups excluding carboxylic acids is 1. The summed E-state index contributed by atoms with van der Waals surface area (Å²) in [5.74, 6) is -0.118. The molecule has 1 fully saturated rings. The summed E-state index contributed by atoms with van der Waals surface area (Å²) in [7, 11) is 0. The Labute approximate surface area is 119 Å². The molecule has 19 heavy (non-hydrogen) atoms. The fraction of sp³-hybridized carbons (Fsp3) is 0.333. The number of carbonyl (C=O) groups is 1. The topological polar surface area (TPSA) is 88.2 Å². The lowest BCUT2D eigenvalue weighted by atomic mass is 10.1. The molecule has 1 aliphatic rings. The molecule has 2 rings (SSSR count). The Morgan fingerprint density at radius 1 is 1.58 bits per heavy atom. The highest BCUT2D eigenvalue weighted by Gasteiger charge is 2.27. The number of benzene rings is 1. The number of nitrogens with two attached hydrogens (primary N) is 1. The molecule has 0 radical (unpaired) electrons. The number of amides is 1. The van der Waals surface area contributed by atoms with E-state index in [-0.39, 0.29) is 18.3 Å². The van der Waals surface area contributed by atoms with E-state index >= 15 is 0 Å². The Morgan fingerprint density at radius 3 is 3.05 bits per heavy atom. The van der Waals surface area contributed by atoms with Gasteiger partial charge in [0, 0.05) is 16.6 Å². The third-order valence-corrected chi connectivity index (χ3v) is 3.36. The normalized spacial score (nSPS) is 20.4. The van der Waals surface area contributed by atoms with Crippen molar-refractivity contribution in [3.8, 4) is 0 Å². The van der Waals surface area contributed by atoms with Crippen molar-refractivity contribution in [3.05, 3.63) is 34.3 Å². The Morgan fingerprint density at radius 2 is 2.37 bits per heavy atom. The van der Waals surface area contributed by atoms with E-state index in [1.807, 2.05) is 6.07 Å². The quantitative estimate of drug-likeness (QED) is 0.367. The van der Waals surface area contributed by atoms with Crippen LogP contribution < -0.4 is 5.73 Å². The first-order valence-corrected chi connectivity index (χ1v) is 6.55. The second kappa shape index (κ2) is 6.03. The van der Waals surface area contributed by atoms with E-state index in [2.05, 4.69) is 21.1 Å². The second-order valence-corrected chi connectivity index (χ2v) is 5.06. The van der Waals surface area contributed by atoms with Gasteiger partial charge in [0.1, 0.15) is 6.10 Å². The van der Waals surface area contributed by atoms with Crippen LogP contribution in [0.4, 0.5) is 0 Å². The van der Waals surface area contributed by atoms with Gasteiger partial charge in [-0.3, -0.25) is 4.79 Å². The molecule has 6 nitrogen and oxygen atoms in total. The maximum absolute atomic E-state index is 12.3. The van der Waals surface area contributed by atoms with Crippen LogP contribution >= 0.6 is 15.9 Å². The molecular formula is C12H14BrN3O3. The van der Waals surface area contributed by atoms with Gasteiger partial charge < -0.3 is 20.6 Å². The van der Waals surface area contributed by atoms with Crippen LogP contribution in [0.1, 0.15) is 10.4 Å². The van der Waals surface area contributed by atoms with Crippen molar-refractivity contribution in [2.45, 2.75) is 6.10 Å². The first kappa shape index (κ1) is 13.8. The summed E-state index contributed by atoms with van der Waals surface area (Å²) in [6.45, 7) is 1.13. The van der Waals surface area contributed by atoms with Gasteiger partial charge in [0.05, 0.1) is 13.2 Å². The van der Waals surface area contributed by atoms with Crippen LogP contribution in [0.5, 0.6) is 0 Å². The van der Waals surface area contributed by atoms with Gasteiger partial charge in [-0.05, 0) is 18.2 Å². The maximum Gasteiger partial charge on any atom is 0.254 e. The molecule has 1 aromatic carbocycles. The summed E-state index contributed by atoms with van der Waals surface area (Å²) in [5.41, 5.74) is 6.09. The molecule has 1 unspecified atom stereocenters. The molecule has 0 spiro atoms. The van der Waals surface area contributed by atoms with Crippen LogP contribution in [0, 0.1) is 0 Å². The molecule has 0 aliphatic carbocycles. The summed E-state index contributed by atoms with van der Waals surface area (Å²) in [6, 6.07) is 7.17. The van der Waals surface area contributed by atoms with Crippen molar-refractivity contribution in [2.75, 3.05) is 19.7 Å². The summed E-state index contributed by atoms with van der Waals surface area (Å²) in [5, 5.41) is 11.6. The highest BCUT2D eigenvalue weighted by atomic mass is 79.9. The van der Waals surface area contributed by atoms with E-state index in [1.54, 1.807) is 23.1 Å². The first-order valence-electron chi connectivity index (χ1n) is 5.75. The fourth-order valence-electron chi connectivity index (χ4n) is 1.88. The smallest absolute Gasteiger partial charge is 0.254 e. The molecule has 1 aromatic rings. The van der Waals surface area contributed by atoms with E-state index in [4.69, 9.17) is 15.7 Å². The van der Waals surface area contributed by atoms with Gasteiger partial charge in [-0.1, -0.05) is 27.2 Å². The molecule has 1 amide bonds. The third-order valence-electron chi connectivity index (χ3n) is 2.87. The van der Waals surface area contributed by atoms with Crippen molar-refractivity contribution >= 4 is 27.7 Å². The van der Waals surface area contributed by atoms with Gasteiger partial charge in [0.2, 0.25) is 0 Å². The molecule has 0 aromatic heterocycles. The van der Waals surface area contributed by atoms with Crippen molar-refractivity contribution < 1.29 is 14.7 Å². The average molecular weight is 328 g/mol. The minimum Gasteiger partial charge on any atom is -0.409 e. The standard InChI is InChI=1S/C12H14BrN3O3/c13-9-3-1-2-8(6-9)12(17)16-4-5-19-10(7-16)11(14)15-18/h1-3,6,10,18H,4-5,7H2,(H2,14,15). The van der Waals surface area contributed by atoms with E-state index in [0.29, 0.717) is 18.7 Å². The predicted octanol–water partition coefficient (Wildman–Crippen LogP) is 1.04. The number of rotatable bonds is 2. The monoisotopic (exact) mass is 327 g/mol. The SMILES string of the molecule is NC(=NO)C1CN(C(=O)c2cccc(Br)c2)CCO1. The molecule has 1 aliphatic heterocycles. The number of oxime groups is 1. The van der Waals surface area contributed by atoms with Crippen molar-refractivity contribution in [1.29, 1.82) is 0 Å². The van der Waals surface area contributed by atoms with Crippen LogP contribution in [-0.4, -0.2) is 47.7 Å². The van der Waals surface area contributed by atoms with Crippen molar-refractivity contribution in [3.63, 3.8) is 0 Å². The molecule has 0 bridgehead atoms. The summed E-state index contributed by atoms with van der Waals surface area (Å²) >= 11 is 3.33. The highest BCUT2D eigenvalue weighted by molar-refractivity contribution is 9.10. The molecule has 102 valence electrons. The maximum atomic E-state index is 12.3. The van der Waals surface area contributed by atoms with Crippen LogP contribution in [0.15, 0.2) is 33.9 Å². The summed E-state index contributed by atoms with van der Waals surface area (Å²) in [6.07, 6.45) is -0.560. The van der Waals surface area contributed by atoms with Gasteiger partial charge in [0.15, 0.2) is 5.84 Å². The number of halogens is 1. The van der Waals surface area contributed by atoms with Gasteiger partial charge >= 0.3 is 0 Å². The van der Waals surface area contributed by atoms with Gasteiger partial charge in [-0.25, -0.2) is 0 Å². The van der Waals surface area contributed by atoms with Crippen LogP contribution in [-0.2, 0) is 4.74 Å². The van der Waals surface area contributed by atoms with Gasteiger partial charge in [-0.2, -0.15) is 0 Å². The molecule has 1 heterocycles. The number of hydrogen-bond acceptors (Lipinski definition) is 4. The Kier molecular flexibility index (Phi) is 4.39. The number of ether oxygens (including phenoxy) is 1. The Balaban J connectivity index is 2.11. The number of nitrogens with zero attached hydrogens (tertiary/aromatic N) is 2. The van der Waals surface area contributed by atoms with Crippen LogP contribution in [0.3, 0.4) is 0 Å². The summed E-state index contributed by atoms with van der Waals surface area (Å²) in [4.78, 5) is 13.9. The first-order chi connectivity index (χ1) is 9.11. The minimum absolute atomic E-state index is 0.0215. The number of hydrogen-bond donors (Lipinski definition) is 2. The van der Waals surface area contributed by atoms with Crippen molar-refractivity contribution in [2.24, 2.45) is 10.9 Å². The number of amidine groups is 1. The lowest BCUT2D eigenvalue weighted by molar-refractivity contribution is 0.00675. The van der Waals surface area contributed by atoms with Crippen LogP contribution in [0.25, 0.3) is 0 Å². The molecule has 3 N–H and O–H groups in total.